The minimum absolute atomic E-state index is 0.0877. The van der Waals surface area contributed by atoms with Gasteiger partial charge in [-0.1, -0.05) is 19.8 Å². The molecule has 0 spiro atoms. The molecule has 0 heterocycles. The molecule has 0 aromatic heterocycles. The molecule has 1 aliphatic carbocycles. The van der Waals surface area contributed by atoms with Crippen molar-refractivity contribution >= 4 is 11.8 Å². The van der Waals surface area contributed by atoms with Crippen LogP contribution in [0.25, 0.3) is 0 Å². The van der Waals surface area contributed by atoms with Crippen molar-refractivity contribution in [2.24, 2.45) is 5.92 Å². The molecule has 0 saturated carbocycles. The van der Waals surface area contributed by atoms with Gasteiger partial charge in [-0.25, -0.2) is 0 Å². The zero-order valence-corrected chi connectivity index (χ0v) is 8.66. The van der Waals surface area contributed by atoms with E-state index in [4.69, 9.17) is 4.74 Å². The zero-order chi connectivity index (χ0) is 10.6. The summed E-state index contributed by atoms with van der Waals surface area (Å²) in [4.78, 5) is 22.2. The lowest BCUT2D eigenvalue weighted by atomic mass is 9.97. The molecule has 0 aromatic carbocycles. The Hall–Kier alpha value is -1.12. The number of hydrogen-bond acceptors (Lipinski definition) is 3. The van der Waals surface area contributed by atoms with E-state index in [1.807, 2.05) is 0 Å². The number of esters is 1. The van der Waals surface area contributed by atoms with Gasteiger partial charge in [-0.05, 0) is 18.6 Å². The van der Waals surface area contributed by atoms with E-state index in [1.165, 1.54) is 13.0 Å². The second kappa shape index (κ2) is 4.94. The molecular weight excluding hydrogens is 180 g/mol. The first-order chi connectivity index (χ1) is 6.65. The quantitative estimate of drug-likeness (QED) is 0.644. The van der Waals surface area contributed by atoms with Gasteiger partial charge in [-0.2, -0.15) is 0 Å². The Morgan fingerprint density at radius 1 is 1.57 bits per heavy atom. The number of ketones is 1. The van der Waals surface area contributed by atoms with E-state index in [1.54, 1.807) is 6.08 Å². The second-order valence-electron chi connectivity index (χ2n) is 3.58. The van der Waals surface area contributed by atoms with Gasteiger partial charge in [-0.15, -0.1) is 0 Å². The Kier molecular flexibility index (Phi) is 3.86. The van der Waals surface area contributed by atoms with E-state index in [0.717, 1.165) is 19.3 Å². The third kappa shape index (κ3) is 2.69. The van der Waals surface area contributed by atoms with Gasteiger partial charge < -0.3 is 4.74 Å². The maximum absolute atomic E-state index is 11.4. The van der Waals surface area contributed by atoms with Crippen molar-refractivity contribution in [3.05, 3.63) is 12.2 Å². The van der Waals surface area contributed by atoms with Gasteiger partial charge in [0.05, 0.1) is 5.92 Å². The van der Waals surface area contributed by atoms with E-state index < -0.39 is 0 Å². The summed E-state index contributed by atoms with van der Waals surface area (Å²) in [6, 6.07) is 0. The molecule has 0 aliphatic heterocycles. The molecule has 3 nitrogen and oxygen atoms in total. The van der Waals surface area contributed by atoms with Gasteiger partial charge in [0.15, 0.2) is 5.78 Å². The lowest BCUT2D eigenvalue weighted by Gasteiger charge is -2.17. The maximum atomic E-state index is 11.4. The number of allylic oxidation sites excluding steroid dienone is 1. The predicted octanol–water partition coefficient (Wildman–Crippen LogP) is 1.86. The van der Waals surface area contributed by atoms with E-state index in [0.29, 0.717) is 0 Å². The van der Waals surface area contributed by atoms with Crippen LogP contribution in [-0.2, 0) is 14.3 Å². The Morgan fingerprint density at radius 3 is 2.86 bits per heavy atom. The molecule has 78 valence electrons. The Balaban J connectivity index is 2.52. The average Bonchev–Trinajstić information content (AvgIpc) is 2.44. The number of rotatable bonds is 4. The highest BCUT2D eigenvalue weighted by molar-refractivity contribution is 5.95. The van der Waals surface area contributed by atoms with Crippen molar-refractivity contribution in [2.45, 2.75) is 39.2 Å². The van der Waals surface area contributed by atoms with E-state index in [9.17, 15) is 9.59 Å². The van der Waals surface area contributed by atoms with Gasteiger partial charge in [0, 0.05) is 6.92 Å². The van der Waals surface area contributed by atoms with Gasteiger partial charge in [0.1, 0.15) is 6.10 Å². The monoisotopic (exact) mass is 196 g/mol. The largest absolute Gasteiger partial charge is 0.458 e. The highest BCUT2D eigenvalue weighted by atomic mass is 16.5. The number of hydrogen-bond donors (Lipinski definition) is 0. The fourth-order valence-electron chi connectivity index (χ4n) is 1.65. The molecule has 0 amide bonds. The van der Waals surface area contributed by atoms with Crippen LogP contribution in [0.3, 0.4) is 0 Å². The molecule has 1 aliphatic rings. The Morgan fingerprint density at radius 2 is 2.29 bits per heavy atom. The van der Waals surface area contributed by atoms with Crippen molar-refractivity contribution in [1.82, 2.24) is 0 Å². The third-order valence-electron chi connectivity index (χ3n) is 2.38. The Labute approximate surface area is 84.1 Å². The summed E-state index contributed by atoms with van der Waals surface area (Å²) < 4.78 is 5.04. The van der Waals surface area contributed by atoms with Crippen LogP contribution in [0.1, 0.15) is 33.1 Å². The molecule has 0 fully saturated rings. The highest BCUT2D eigenvalue weighted by Gasteiger charge is 2.31. The summed E-state index contributed by atoms with van der Waals surface area (Å²) >= 11 is 0. The van der Waals surface area contributed by atoms with Crippen LogP contribution in [0, 0.1) is 5.92 Å². The average molecular weight is 196 g/mol. The van der Waals surface area contributed by atoms with Gasteiger partial charge >= 0.3 is 5.97 Å². The molecule has 0 bridgehead atoms. The SMILES string of the molecule is CCCCC1C(=O)C=CC1OC(C)=O. The lowest BCUT2D eigenvalue weighted by molar-refractivity contribution is -0.146. The molecule has 0 saturated heterocycles. The minimum Gasteiger partial charge on any atom is -0.458 e. The smallest absolute Gasteiger partial charge is 0.303 e. The lowest BCUT2D eigenvalue weighted by Crippen LogP contribution is -2.25. The summed E-state index contributed by atoms with van der Waals surface area (Å²) in [6.45, 7) is 3.45. The zero-order valence-electron chi connectivity index (χ0n) is 8.66. The summed E-state index contributed by atoms with van der Waals surface area (Å²) in [5, 5.41) is 0. The fraction of sp³-hybridized carbons (Fsp3) is 0.636. The molecule has 2 atom stereocenters. The first-order valence-corrected chi connectivity index (χ1v) is 5.04. The first-order valence-electron chi connectivity index (χ1n) is 5.04. The first kappa shape index (κ1) is 11.0. The topological polar surface area (TPSA) is 43.4 Å². The van der Waals surface area contributed by atoms with Crippen LogP contribution in [0.15, 0.2) is 12.2 Å². The summed E-state index contributed by atoms with van der Waals surface area (Å²) in [7, 11) is 0. The molecular formula is C11H16O3. The van der Waals surface area contributed by atoms with Crippen molar-refractivity contribution in [3.8, 4) is 0 Å². The summed E-state index contributed by atoms with van der Waals surface area (Å²) in [6.07, 6.45) is 5.73. The van der Waals surface area contributed by atoms with Crippen molar-refractivity contribution in [2.75, 3.05) is 0 Å². The second-order valence-corrected chi connectivity index (χ2v) is 3.58. The van der Waals surface area contributed by atoms with Gasteiger partial charge in [0.2, 0.25) is 0 Å². The number of carbonyl (C=O) groups is 2. The fourth-order valence-corrected chi connectivity index (χ4v) is 1.65. The normalized spacial score (nSPS) is 25.4. The molecule has 2 unspecified atom stereocenters. The Bertz CT molecular complexity index is 255. The summed E-state index contributed by atoms with van der Waals surface area (Å²) in [5.74, 6) is -0.376. The highest BCUT2D eigenvalue weighted by Crippen LogP contribution is 2.24. The van der Waals surface area contributed by atoms with Crippen LogP contribution < -0.4 is 0 Å². The number of ether oxygens (including phenoxy) is 1. The number of carbonyl (C=O) groups excluding carboxylic acids is 2. The minimum atomic E-state index is -0.327. The van der Waals surface area contributed by atoms with Crippen LogP contribution in [-0.4, -0.2) is 17.9 Å². The maximum Gasteiger partial charge on any atom is 0.303 e. The van der Waals surface area contributed by atoms with Crippen molar-refractivity contribution in [3.63, 3.8) is 0 Å². The van der Waals surface area contributed by atoms with E-state index in [-0.39, 0.29) is 23.8 Å². The van der Waals surface area contributed by atoms with Crippen LogP contribution >= 0.6 is 0 Å². The van der Waals surface area contributed by atoms with E-state index >= 15 is 0 Å². The summed E-state index contributed by atoms with van der Waals surface area (Å²) in [5.41, 5.74) is 0. The van der Waals surface area contributed by atoms with Crippen LogP contribution in [0.2, 0.25) is 0 Å². The standard InChI is InChI=1S/C11H16O3/c1-3-4-5-9-10(13)6-7-11(9)14-8(2)12/h6-7,9,11H,3-5H2,1-2H3. The van der Waals surface area contributed by atoms with Crippen LogP contribution in [0.5, 0.6) is 0 Å². The van der Waals surface area contributed by atoms with Crippen LogP contribution in [0.4, 0.5) is 0 Å². The molecule has 1 rings (SSSR count). The number of unbranched alkanes of at least 4 members (excludes halogenated alkanes) is 1. The van der Waals surface area contributed by atoms with Crippen molar-refractivity contribution in [1.29, 1.82) is 0 Å². The predicted molar refractivity (Wildman–Crippen MR) is 52.7 cm³/mol. The molecule has 3 heteroatoms. The molecule has 14 heavy (non-hydrogen) atoms. The van der Waals surface area contributed by atoms with Crippen molar-refractivity contribution < 1.29 is 14.3 Å². The third-order valence-corrected chi connectivity index (χ3v) is 2.38. The molecule has 0 N–H and O–H groups in total. The van der Waals surface area contributed by atoms with Gasteiger partial charge in [-0.3, -0.25) is 9.59 Å². The van der Waals surface area contributed by atoms with E-state index in [2.05, 4.69) is 6.92 Å². The molecule has 0 aromatic rings. The van der Waals surface area contributed by atoms with Gasteiger partial charge in [0.25, 0.3) is 0 Å². The molecule has 0 radical (unpaired) electrons.